The average molecular weight is 270 g/mol. The number of hydrogen-bond acceptors (Lipinski definition) is 4. The molecule has 2 N–H and O–H groups in total. The van der Waals surface area contributed by atoms with Crippen molar-refractivity contribution in [1.29, 1.82) is 0 Å². The van der Waals surface area contributed by atoms with Gasteiger partial charge in [-0.25, -0.2) is 0 Å². The molecule has 0 spiro atoms. The molecule has 0 atom stereocenters. The Morgan fingerprint density at radius 3 is 2.85 bits per heavy atom. The summed E-state index contributed by atoms with van der Waals surface area (Å²) in [5.74, 6) is 0.528. The fourth-order valence-electron chi connectivity index (χ4n) is 2.48. The van der Waals surface area contributed by atoms with Gasteiger partial charge in [0.15, 0.2) is 5.78 Å². The molecule has 3 aromatic rings. The molecule has 2 heterocycles. The lowest BCUT2D eigenvalue weighted by Gasteiger charge is -2.06. The van der Waals surface area contributed by atoms with Crippen LogP contribution in [0.4, 0.5) is 0 Å². The summed E-state index contributed by atoms with van der Waals surface area (Å²) in [6, 6.07) is 5.55. The summed E-state index contributed by atoms with van der Waals surface area (Å²) >= 11 is 0. The zero-order chi connectivity index (χ0) is 14.3. The fourth-order valence-corrected chi connectivity index (χ4v) is 2.48. The molecule has 5 heteroatoms. The highest BCUT2D eigenvalue weighted by atomic mass is 16.5. The van der Waals surface area contributed by atoms with Crippen molar-refractivity contribution in [3.05, 3.63) is 35.7 Å². The van der Waals surface area contributed by atoms with Crippen LogP contribution in [0.15, 0.2) is 24.4 Å². The number of pyridine rings is 1. The van der Waals surface area contributed by atoms with E-state index in [0.29, 0.717) is 22.5 Å². The molecule has 0 saturated heterocycles. The third-order valence-corrected chi connectivity index (χ3v) is 3.43. The van der Waals surface area contributed by atoms with E-state index >= 15 is 0 Å². The van der Waals surface area contributed by atoms with Gasteiger partial charge in [-0.1, -0.05) is 0 Å². The number of carbonyl (C=O) groups is 1. The van der Waals surface area contributed by atoms with Crippen LogP contribution in [0, 0.1) is 0 Å². The van der Waals surface area contributed by atoms with Crippen LogP contribution in [0.3, 0.4) is 0 Å². The van der Waals surface area contributed by atoms with Crippen molar-refractivity contribution in [2.75, 3.05) is 7.11 Å². The number of Topliss-reactive ketones (excluding diaryl/α,β-unsaturated/α-hetero) is 1. The number of nitrogens with zero attached hydrogens (tertiary/aromatic N) is 1. The van der Waals surface area contributed by atoms with E-state index in [0.717, 1.165) is 16.3 Å². The number of benzene rings is 1. The SMILES string of the molecule is COc1cc2[nH]c3c(C(C)=O)nccc3c2cc1CO. The predicted octanol–water partition coefficient (Wildman–Crippen LogP) is 2.42. The first-order valence-corrected chi connectivity index (χ1v) is 6.24. The zero-order valence-electron chi connectivity index (χ0n) is 11.2. The predicted molar refractivity (Wildman–Crippen MR) is 76.1 cm³/mol. The molecule has 20 heavy (non-hydrogen) atoms. The minimum absolute atomic E-state index is 0.0866. The third-order valence-electron chi connectivity index (χ3n) is 3.43. The molecule has 3 rings (SSSR count). The number of ketones is 1. The Labute approximate surface area is 115 Å². The second-order valence-corrected chi connectivity index (χ2v) is 4.63. The van der Waals surface area contributed by atoms with Crippen molar-refractivity contribution in [3.63, 3.8) is 0 Å². The molecule has 2 aromatic heterocycles. The Hall–Kier alpha value is -2.40. The Morgan fingerprint density at radius 2 is 2.20 bits per heavy atom. The zero-order valence-corrected chi connectivity index (χ0v) is 11.2. The van der Waals surface area contributed by atoms with Gasteiger partial charge in [-0.05, 0) is 12.1 Å². The van der Waals surface area contributed by atoms with Gasteiger partial charge in [0.25, 0.3) is 0 Å². The lowest BCUT2D eigenvalue weighted by atomic mass is 10.1. The highest BCUT2D eigenvalue weighted by Gasteiger charge is 2.14. The standard InChI is InChI=1S/C15H14N2O3/c1-8(19)14-15-10(3-4-16-14)11-5-9(7-18)13(20-2)6-12(11)17-15/h3-6,17-18H,7H2,1-2H3. The van der Waals surface area contributed by atoms with E-state index in [9.17, 15) is 9.90 Å². The highest BCUT2D eigenvalue weighted by molar-refractivity contribution is 6.14. The summed E-state index contributed by atoms with van der Waals surface area (Å²) in [7, 11) is 1.56. The normalized spacial score (nSPS) is 11.2. The number of fused-ring (bicyclic) bond motifs is 3. The second-order valence-electron chi connectivity index (χ2n) is 4.63. The number of aromatic nitrogens is 2. The molecule has 0 aliphatic carbocycles. The van der Waals surface area contributed by atoms with Crippen LogP contribution < -0.4 is 4.74 Å². The highest BCUT2D eigenvalue weighted by Crippen LogP contribution is 2.32. The van der Waals surface area contributed by atoms with Gasteiger partial charge < -0.3 is 14.8 Å². The Kier molecular flexibility index (Phi) is 2.91. The van der Waals surface area contributed by atoms with E-state index in [4.69, 9.17) is 4.74 Å². The maximum Gasteiger partial charge on any atom is 0.180 e. The third kappa shape index (κ3) is 1.75. The number of rotatable bonds is 3. The number of H-pyrrole nitrogens is 1. The number of nitrogens with one attached hydrogen (secondary N) is 1. The minimum atomic E-state index is -0.101. The first kappa shape index (κ1) is 12.6. The maximum atomic E-state index is 11.6. The molecule has 0 radical (unpaired) electrons. The molecule has 0 fully saturated rings. The number of carbonyl (C=O) groups excluding carboxylic acids is 1. The molecule has 0 saturated carbocycles. The number of aliphatic hydroxyl groups is 1. The van der Waals surface area contributed by atoms with Gasteiger partial charge in [-0.2, -0.15) is 0 Å². The van der Waals surface area contributed by atoms with E-state index in [-0.39, 0.29) is 12.4 Å². The lowest BCUT2D eigenvalue weighted by molar-refractivity contribution is 0.101. The average Bonchev–Trinajstić information content (AvgIpc) is 2.82. The van der Waals surface area contributed by atoms with Crippen molar-refractivity contribution >= 4 is 27.6 Å². The van der Waals surface area contributed by atoms with Gasteiger partial charge in [0.1, 0.15) is 11.4 Å². The largest absolute Gasteiger partial charge is 0.496 e. The number of aromatic amines is 1. The topological polar surface area (TPSA) is 75.2 Å². The summed E-state index contributed by atoms with van der Waals surface area (Å²) in [4.78, 5) is 19.0. The van der Waals surface area contributed by atoms with Crippen molar-refractivity contribution in [1.82, 2.24) is 9.97 Å². The van der Waals surface area contributed by atoms with Crippen LogP contribution in [0.25, 0.3) is 21.8 Å². The van der Waals surface area contributed by atoms with Crippen LogP contribution >= 0.6 is 0 Å². The molecule has 1 aromatic carbocycles. The van der Waals surface area contributed by atoms with Gasteiger partial charge >= 0.3 is 0 Å². The van der Waals surface area contributed by atoms with Crippen molar-refractivity contribution in [2.45, 2.75) is 13.5 Å². The molecule has 102 valence electrons. The van der Waals surface area contributed by atoms with Gasteiger partial charge in [0.05, 0.1) is 24.8 Å². The van der Waals surface area contributed by atoms with Gasteiger partial charge in [-0.3, -0.25) is 9.78 Å². The summed E-state index contributed by atoms with van der Waals surface area (Å²) in [6.45, 7) is 1.39. The summed E-state index contributed by atoms with van der Waals surface area (Å²) in [5.41, 5.74) is 2.70. The van der Waals surface area contributed by atoms with Gasteiger partial charge in [0.2, 0.25) is 0 Å². The molecule has 0 unspecified atom stereocenters. The summed E-state index contributed by atoms with van der Waals surface area (Å²) in [6.07, 6.45) is 1.62. The number of methoxy groups -OCH3 is 1. The van der Waals surface area contributed by atoms with Crippen LogP contribution in [-0.2, 0) is 6.61 Å². The Bertz CT molecular complexity index is 821. The van der Waals surface area contributed by atoms with Crippen molar-refractivity contribution in [2.24, 2.45) is 0 Å². The molecule has 0 aliphatic rings. The van der Waals surface area contributed by atoms with Crippen LogP contribution in [0.5, 0.6) is 5.75 Å². The van der Waals surface area contributed by atoms with Crippen LogP contribution in [0.2, 0.25) is 0 Å². The van der Waals surface area contributed by atoms with Gasteiger partial charge in [0, 0.05) is 35.5 Å². The first-order chi connectivity index (χ1) is 9.65. The minimum Gasteiger partial charge on any atom is -0.496 e. The smallest absolute Gasteiger partial charge is 0.180 e. The molecule has 0 bridgehead atoms. The molecular weight excluding hydrogens is 256 g/mol. The van der Waals surface area contributed by atoms with E-state index < -0.39 is 0 Å². The Balaban J connectivity index is 2.42. The number of aliphatic hydroxyl groups excluding tert-OH is 1. The molecule has 0 amide bonds. The van der Waals surface area contributed by atoms with E-state index in [2.05, 4.69) is 9.97 Å². The number of hydrogen-bond donors (Lipinski definition) is 2. The Morgan fingerprint density at radius 1 is 1.40 bits per heavy atom. The van der Waals surface area contributed by atoms with E-state index in [1.165, 1.54) is 6.92 Å². The molecule has 0 aliphatic heterocycles. The molecule has 5 nitrogen and oxygen atoms in total. The van der Waals surface area contributed by atoms with E-state index in [1.54, 1.807) is 13.3 Å². The van der Waals surface area contributed by atoms with Crippen LogP contribution in [0.1, 0.15) is 23.0 Å². The van der Waals surface area contributed by atoms with Crippen molar-refractivity contribution in [3.8, 4) is 5.75 Å². The van der Waals surface area contributed by atoms with E-state index in [1.807, 2.05) is 18.2 Å². The van der Waals surface area contributed by atoms with Gasteiger partial charge in [-0.15, -0.1) is 0 Å². The first-order valence-electron chi connectivity index (χ1n) is 6.24. The number of ether oxygens (including phenoxy) is 1. The lowest BCUT2D eigenvalue weighted by Crippen LogP contribution is -1.96. The van der Waals surface area contributed by atoms with Crippen molar-refractivity contribution < 1.29 is 14.6 Å². The monoisotopic (exact) mass is 270 g/mol. The summed E-state index contributed by atoms with van der Waals surface area (Å²) < 4.78 is 5.26. The quantitative estimate of drug-likeness (QED) is 0.717. The molecular formula is C15H14N2O3. The van der Waals surface area contributed by atoms with Crippen LogP contribution in [-0.4, -0.2) is 28.0 Å². The summed E-state index contributed by atoms with van der Waals surface area (Å²) in [5, 5.41) is 11.3. The second kappa shape index (κ2) is 4.61. The fraction of sp³-hybridized carbons (Fsp3) is 0.200. The maximum absolute atomic E-state index is 11.6.